The van der Waals surface area contributed by atoms with E-state index in [-0.39, 0.29) is 12.5 Å². The number of aromatic nitrogens is 1. The number of ether oxygens (including phenoxy) is 1. The van der Waals surface area contributed by atoms with E-state index in [0.29, 0.717) is 6.54 Å². The Morgan fingerprint density at radius 1 is 1.12 bits per heavy atom. The van der Waals surface area contributed by atoms with Gasteiger partial charge in [0.25, 0.3) is 0 Å². The molecular weight excluding hydrogens is 440 g/mol. The monoisotopic (exact) mass is 462 g/mol. The maximum Gasteiger partial charge on any atom is 0.328 e. The molecule has 1 aromatic carbocycles. The summed E-state index contributed by atoms with van der Waals surface area (Å²) in [4.78, 5) is 46.3. The van der Waals surface area contributed by atoms with Gasteiger partial charge in [0.05, 0.1) is 18.2 Å². The second-order valence-electron chi connectivity index (χ2n) is 8.99. The summed E-state index contributed by atoms with van der Waals surface area (Å²) in [5, 5.41) is 5.80. The Balaban J connectivity index is 1.51. The molecule has 0 radical (unpaired) electrons. The summed E-state index contributed by atoms with van der Waals surface area (Å²) < 4.78 is 7.22. The van der Waals surface area contributed by atoms with Gasteiger partial charge < -0.3 is 9.64 Å². The second-order valence-corrected chi connectivity index (χ2v) is 10.1. The van der Waals surface area contributed by atoms with Crippen molar-refractivity contribution in [3.63, 3.8) is 0 Å². The first-order valence-electron chi connectivity index (χ1n) is 10.9. The number of pyridine rings is 1. The number of morpholine rings is 1. The fraction of sp³-hybridized carbons (Fsp3) is 0.333. The van der Waals surface area contributed by atoms with Gasteiger partial charge in [0.1, 0.15) is 5.82 Å². The smallest absolute Gasteiger partial charge is 0.328 e. The SMILES string of the molecule is C[C@@H]1CN2c3ncc(-c4cc5ccccc5s4)cc3CC3(C(=O)NC(=O)NC3=O)[C@@H]2[C@@H](C)O1. The fourth-order valence-corrected chi connectivity index (χ4v) is 6.61. The highest BCUT2D eigenvalue weighted by Crippen LogP contribution is 2.47. The summed E-state index contributed by atoms with van der Waals surface area (Å²) in [6.07, 6.45) is 1.49. The molecule has 9 heteroatoms. The van der Waals surface area contributed by atoms with Gasteiger partial charge in [-0.05, 0) is 43.0 Å². The molecule has 0 aliphatic carbocycles. The molecule has 3 aromatic rings. The molecule has 3 atom stereocenters. The third-order valence-electron chi connectivity index (χ3n) is 6.84. The van der Waals surface area contributed by atoms with E-state index in [1.54, 1.807) is 11.3 Å². The molecule has 6 rings (SSSR count). The van der Waals surface area contributed by atoms with E-state index in [4.69, 9.17) is 9.72 Å². The lowest BCUT2D eigenvalue weighted by molar-refractivity contribution is -0.153. The maximum absolute atomic E-state index is 13.3. The number of carbonyl (C=O) groups excluding carboxylic acids is 3. The Labute approximate surface area is 193 Å². The fourth-order valence-electron chi connectivity index (χ4n) is 5.56. The van der Waals surface area contributed by atoms with Gasteiger partial charge in [-0.25, -0.2) is 9.78 Å². The number of barbiturate groups is 1. The van der Waals surface area contributed by atoms with Gasteiger partial charge in [-0.2, -0.15) is 0 Å². The van der Waals surface area contributed by atoms with Gasteiger partial charge in [-0.3, -0.25) is 20.2 Å². The zero-order chi connectivity index (χ0) is 22.9. The van der Waals surface area contributed by atoms with E-state index < -0.39 is 35.4 Å². The van der Waals surface area contributed by atoms with Crippen LogP contribution in [0.4, 0.5) is 10.6 Å². The van der Waals surface area contributed by atoms with Gasteiger partial charge in [0.2, 0.25) is 11.8 Å². The van der Waals surface area contributed by atoms with E-state index >= 15 is 0 Å². The van der Waals surface area contributed by atoms with Crippen LogP contribution in [0.1, 0.15) is 19.4 Å². The van der Waals surface area contributed by atoms with E-state index in [9.17, 15) is 14.4 Å². The molecule has 4 amide bonds. The molecule has 0 saturated carbocycles. The molecule has 3 aliphatic rings. The Kier molecular flexibility index (Phi) is 4.37. The first-order valence-corrected chi connectivity index (χ1v) is 11.8. The van der Waals surface area contributed by atoms with Gasteiger partial charge in [-0.15, -0.1) is 11.3 Å². The van der Waals surface area contributed by atoms with Gasteiger partial charge in [0.15, 0.2) is 5.41 Å². The third-order valence-corrected chi connectivity index (χ3v) is 8.01. The molecule has 5 heterocycles. The lowest BCUT2D eigenvalue weighted by atomic mass is 9.67. The number of imide groups is 2. The van der Waals surface area contributed by atoms with E-state index in [2.05, 4.69) is 28.8 Å². The number of benzene rings is 1. The van der Waals surface area contributed by atoms with Crippen molar-refractivity contribution >= 4 is 45.1 Å². The Morgan fingerprint density at radius 2 is 1.88 bits per heavy atom. The molecule has 1 spiro atoms. The summed E-state index contributed by atoms with van der Waals surface area (Å²) in [6.45, 7) is 4.32. The first-order chi connectivity index (χ1) is 15.9. The average molecular weight is 463 g/mol. The first kappa shape index (κ1) is 20.3. The van der Waals surface area contributed by atoms with Crippen molar-refractivity contribution in [3.05, 3.63) is 48.2 Å². The lowest BCUT2D eigenvalue weighted by Gasteiger charge is -2.54. The number of rotatable bonds is 1. The molecular formula is C24H22N4O4S. The van der Waals surface area contributed by atoms with Crippen LogP contribution in [-0.2, 0) is 20.7 Å². The number of urea groups is 1. The minimum absolute atomic E-state index is 0.0975. The van der Waals surface area contributed by atoms with Crippen molar-refractivity contribution in [1.29, 1.82) is 0 Å². The van der Waals surface area contributed by atoms with Gasteiger partial charge in [0, 0.05) is 34.3 Å². The number of nitrogens with zero attached hydrogens (tertiary/aromatic N) is 2. The zero-order valence-corrected chi connectivity index (χ0v) is 18.9. The number of anilines is 1. The molecule has 0 unspecified atom stereocenters. The van der Waals surface area contributed by atoms with Crippen molar-refractivity contribution in [1.82, 2.24) is 15.6 Å². The van der Waals surface area contributed by atoms with Crippen molar-refractivity contribution in [3.8, 4) is 10.4 Å². The minimum atomic E-state index is -1.49. The largest absolute Gasteiger partial charge is 0.372 e. The Morgan fingerprint density at radius 3 is 2.64 bits per heavy atom. The molecule has 168 valence electrons. The molecule has 2 fully saturated rings. The summed E-state index contributed by atoms with van der Waals surface area (Å²) in [6, 6.07) is 11.0. The third kappa shape index (κ3) is 2.92. The summed E-state index contributed by atoms with van der Waals surface area (Å²) in [5.41, 5.74) is 0.258. The zero-order valence-electron chi connectivity index (χ0n) is 18.1. The molecule has 3 aliphatic heterocycles. The lowest BCUT2D eigenvalue weighted by Crippen LogP contribution is -2.75. The van der Waals surface area contributed by atoms with Gasteiger partial charge >= 0.3 is 6.03 Å². The van der Waals surface area contributed by atoms with Crippen LogP contribution < -0.4 is 15.5 Å². The second kappa shape index (κ2) is 7.10. The molecule has 8 nitrogen and oxygen atoms in total. The van der Waals surface area contributed by atoms with Crippen LogP contribution in [0, 0.1) is 5.41 Å². The number of amides is 4. The molecule has 2 aromatic heterocycles. The van der Waals surface area contributed by atoms with Crippen LogP contribution in [0.25, 0.3) is 20.5 Å². The van der Waals surface area contributed by atoms with Crippen LogP contribution in [0.2, 0.25) is 0 Å². The van der Waals surface area contributed by atoms with Crippen LogP contribution in [0.5, 0.6) is 0 Å². The van der Waals surface area contributed by atoms with E-state index in [0.717, 1.165) is 27.2 Å². The quantitative estimate of drug-likeness (QED) is 0.540. The highest BCUT2D eigenvalue weighted by atomic mass is 32.1. The Bertz CT molecular complexity index is 1280. The number of carbonyl (C=O) groups is 3. The number of hydrogen-bond donors (Lipinski definition) is 2. The van der Waals surface area contributed by atoms with Crippen LogP contribution in [0.15, 0.2) is 42.6 Å². The van der Waals surface area contributed by atoms with E-state index in [1.807, 2.05) is 43.1 Å². The van der Waals surface area contributed by atoms with Crippen molar-refractivity contribution < 1.29 is 19.1 Å². The minimum Gasteiger partial charge on any atom is -0.372 e. The average Bonchev–Trinajstić information content (AvgIpc) is 3.21. The van der Waals surface area contributed by atoms with Crippen LogP contribution >= 0.6 is 11.3 Å². The van der Waals surface area contributed by atoms with Crippen molar-refractivity contribution in [2.24, 2.45) is 5.41 Å². The van der Waals surface area contributed by atoms with Crippen LogP contribution in [0.3, 0.4) is 0 Å². The molecule has 2 N–H and O–H groups in total. The topological polar surface area (TPSA) is 101 Å². The summed E-state index contributed by atoms with van der Waals surface area (Å²) in [7, 11) is 0. The van der Waals surface area contributed by atoms with Crippen LogP contribution in [-0.4, -0.2) is 47.6 Å². The standard InChI is InChI=1S/C24H22N4O4S/c1-12-11-28-19(13(2)32-12)24(21(29)26-23(31)27-22(24)30)9-15-7-16(10-25-20(15)28)18-8-14-5-3-4-6-17(14)33-18/h3-8,10,12-13,19H,9,11H2,1-2H3,(H2,26,27,29,30,31)/t12-,13-,19+/m1/s1. The molecule has 2 saturated heterocycles. The highest BCUT2D eigenvalue weighted by molar-refractivity contribution is 7.22. The Hall–Kier alpha value is -3.30. The predicted molar refractivity (Wildman–Crippen MR) is 124 cm³/mol. The van der Waals surface area contributed by atoms with Crippen molar-refractivity contribution in [2.75, 3.05) is 11.4 Å². The number of hydrogen-bond acceptors (Lipinski definition) is 7. The van der Waals surface area contributed by atoms with Gasteiger partial charge in [-0.1, -0.05) is 18.2 Å². The number of thiophene rings is 1. The summed E-state index contributed by atoms with van der Waals surface area (Å²) in [5.74, 6) is -0.418. The highest BCUT2D eigenvalue weighted by Gasteiger charge is 2.63. The van der Waals surface area contributed by atoms with Crippen molar-refractivity contribution in [2.45, 2.75) is 38.5 Å². The number of fused-ring (bicyclic) bond motifs is 5. The summed E-state index contributed by atoms with van der Waals surface area (Å²) >= 11 is 1.68. The molecule has 33 heavy (non-hydrogen) atoms. The predicted octanol–water partition coefficient (Wildman–Crippen LogP) is 2.85. The molecule has 0 bridgehead atoms. The normalized spacial score (nSPS) is 26.1. The maximum atomic E-state index is 13.3. The number of nitrogens with one attached hydrogen (secondary N) is 2. The van der Waals surface area contributed by atoms with E-state index in [1.165, 1.54) is 4.70 Å².